The van der Waals surface area contributed by atoms with Crippen LogP contribution in [0.4, 0.5) is 0 Å². The maximum atomic E-state index is 11.7. The molecule has 2 aromatic rings. The lowest BCUT2D eigenvalue weighted by atomic mass is 10.1. The predicted octanol–water partition coefficient (Wildman–Crippen LogP) is 3.16. The van der Waals surface area contributed by atoms with Crippen LogP contribution >= 0.6 is 0 Å². The molecule has 0 fully saturated rings. The van der Waals surface area contributed by atoms with Gasteiger partial charge in [0, 0.05) is 6.54 Å². The zero-order valence-corrected chi connectivity index (χ0v) is 14.5. The van der Waals surface area contributed by atoms with Crippen LogP contribution in [0, 0.1) is 0 Å². The predicted molar refractivity (Wildman–Crippen MR) is 92.7 cm³/mol. The molecule has 5 heteroatoms. The largest absolute Gasteiger partial charge is 0.493 e. The van der Waals surface area contributed by atoms with Gasteiger partial charge in [0.2, 0.25) is 0 Å². The van der Waals surface area contributed by atoms with Crippen molar-refractivity contribution < 1.29 is 19.0 Å². The number of carbonyl (C=O) groups excluding carboxylic acids is 1. The Morgan fingerprint density at radius 2 is 1.75 bits per heavy atom. The third-order valence-electron chi connectivity index (χ3n) is 3.56. The van der Waals surface area contributed by atoms with E-state index in [0.717, 1.165) is 5.56 Å². The third kappa shape index (κ3) is 4.49. The molecule has 1 unspecified atom stereocenters. The van der Waals surface area contributed by atoms with Crippen molar-refractivity contribution in [1.82, 2.24) is 4.90 Å². The van der Waals surface area contributed by atoms with Crippen molar-refractivity contribution in [3.63, 3.8) is 0 Å². The van der Waals surface area contributed by atoms with Crippen LogP contribution < -0.4 is 9.47 Å². The molecular weight excluding hydrogens is 306 g/mol. The van der Waals surface area contributed by atoms with Crippen LogP contribution in [0.1, 0.15) is 22.0 Å². The minimum atomic E-state index is -0.409. The molecule has 24 heavy (non-hydrogen) atoms. The van der Waals surface area contributed by atoms with E-state index < -0.39 is 5.97 Å². The highest BCUT2D eigenvalue weighted by Crippen LogP contribution is 2.32. The Morgan fingerprint density at radius 3 is 2.33 bits per heavy atom. The fraction of sp³-hybridized carbons (Fsp3) is 0.316. The number of ether oxygens (including phenoxy) is 3. The summed E-state index contributed by atoms with van der Waals surface area (Å²) >= 11 is 0. The van der Waals surface area contributed by atoms with E-state index >= 15 is 0 Å². The van der Waals surface area contributed by atoms with Gasteiger partial charge in [0.15, 0.2) is 11.5 Å². The number of rotatable bonds is 7. The molecule has 0 aliphatic heterocycles. The Labute approximate surface area is 142 Å². The van der Waals surface area contributed by atoms with Crippen LogP contribution in [0.5, 0.6) is 11.5 Å². The lowest BCUT2D eigenvalue weighted by Crippen LogP contribution is -2.24. The minimum absolute atomic E-state index is 0.154. The lowest BCUT2D eigenvalue weighted by Gasteiger charge is -2.24. The highest BCUT2D eigenvalue weighted by atomic mass is 16.5. The smallest absolute Gasteiger partial charge is 0.337 e. The number of hydrogen-bond donors (Lipinski definition) is 0. The third-order valence-corrected chi connectivity index (χ3v) is 3.56. The van der Waals surface area contributed by atoms with Crippen LogP contribution in [-0.2, 0) is 4.74 Å². The first-order chi connectivity index (χ1) is 11.5. The molecule has 0 aromatic heterocycles. The average molecular weight is 329 g/mol. The van der Waals surface area contributed by atoms with Crippen molar-refractivity contribution in [3.05, 3.63) is 59.7 Å². The Bertz CT molecular complexity index is 670. The Kier molecular flexibility index (Phi) is 6.21. The zero-order chi connectivity index (χ0) is 17.5. The van der Waals surface area contributed by atoms with E-state index in [1.165, 1.54) is 7.11 Å². The van der Waals surface area contributed by atoms with E-state index in [1.54, 1.807) is 25.3 Å². The first-order valence-corrected chi connectivity index (χ1v) is 7.67. The van der Waals surface area contributed by atoms with Crippen molar-refractivity contribution in [2.45, 2.75) is 6.10 Å². The van der Waals surface area contributed by atoms with Gasteiger partial charge >= 0.3 is 5.97 Å². The molecule has 0 amide bonds. The monoisotopic (exact) mass is 329 g/mol. The van der Waals surface area contributed by atoms with Gasteiger partial charge in [0.1, 0.15) is 6.10 Å². The van der Waals surface area contributed by atoms with Gasteiger partial charge in [-0.25, -0.2) is 4.79 Å². The highest BCUT2D eigenvalue weighted by Gasteiger charge is 2.18. The Balaban J connectivity index is 2.30. The molecule has 0 spiro atoms. The summed E-state index contributed by atoms with van der Waals surface area (Å²) in [6.45, 7) is 0.714. The summed E-state index contributed by atoms with van der Waals surface area (Å²) in [5.41, 5.74) is 1.50. The summed E-state index contributed by atoms with van der Waals surface area (Å²) in [7, 11) is 6.89. The number of esters is 1. The van der Waals surface area contributed by atoms with Gasteiger partial charge < -0.3 is 19.1 Å². The number of benzene rings is 2. The first kappa shape index (κ1) is 17.8. The summed E-state index contributed by atoms with van der Waals surface area (Å²) in [6, 6.07) is 15.0. The second kappa shape index (κ2) is 8.36. The van der Waals surface area contributed by atoms with E-state index in [0.29, 0.717) is 23.6 Å². The fourth-order valence-electron chi connectivity index (χ4n) is 2.37. The van der Waals surface area contributed by atoms with Gasteiger partial charge in [-0.3, -0.25) is 0 Å². The maximum Gasteiger partial charge on any atom is 0.337 e. The Morgan fingerprint density at radius 1 is 1.04 bits per heavy atom. The zero-order valence-electron chi connectivity index (χ0n) is 14.5. The second-order valence-electron chi connectivity index (χ2n) is 5.64. The van der Waals surface area contributed by atoms with Gasteiger partial charge in [0.25, 0.3) is 0 Å². The van der Waals surface area contributed by atoms with Crippen LogP contribution in [0.3, 0.4) is 0 Å². The molecule has 0 saturated heterocycles. The number of likely N-dealkylation sites (N-methyl/N-ethyl adjacent to an activating group) is 1. The topological polar surface area (TPSA) is 48.0 Å². The first-order valence-electron chi connectivity index (χ1n) is 7.67. The molecule has 0 aliphatic carbocycles. The molecule has 2 rings (SSSR count). The van der Waals surface area contributed by atoms with Crippen molar-refractivity contribution in [1.29, 1.82) is 0 Å². The molecule has 5 nitrogen and oxygen atoms in total. The normalized spacial score (nSPS) is 11.9. The quantitative estimate of drug-likeness (QED) is 0.730. The van der Waals surface area contributed by atoms with Crippen LogP contribution in [0.25, 0.3) is 0 Å². The van der Waals surface area contributed by atoms with Crippen molar-refractivity contribution in [2.75, 3.05) is 34.9 Å². The summed E-state index contributed by atoms with van der Waals surface area (Å²) in [6.07, 6.45) is -0.154. The molecule has 2 aromatic carbocycles. The van der Waals surface area contributed by atoms with E-state index in [-0.39, 0.29) is 6.10 Å². The lowest BCUT2D eigenvalue weighted by molar-refractivity contribution is 0.0600. The van der Waals surface area contributed by atoms with Crippen LogP contribution in [-0.4, -0.2) is 45.7 Å². The highest BCUT2D eigenvalue weighted by molar-refractivity contribution is 5.90. The van der Waals surface area contributed by atoms with Gasteiger partial charge in [-0.1, -0.05) is 30.3 Å². The molecule has 0 N–H and O–H groups in total. The molecular formula is C19H23NO4. The summed E-state index contributed by atoms with van der Waals surface area (Å²) < 4.78 is 16.3. The van der Waals surface area contributed by atoms with E-state index in [2.05, 4.69) is 4.90 Å². The number of methoxy groups -OCH3 is 2. The molecule has 1 atom stereocenters. The van der Waals surface area contributed by atoms with E-state index in [4.69, 9.17) is 14.2 Å². The molecule has 0 bridgehead atoms. The van der Waals surface area contributed by atoms with Crippen LogP contribution in [0.2, 0.25) is 0 Å². The summed E-state index contributed by atoms with van der Waals surface area (Å²) in [4.78, 5) is 13.7. The van der Waals surface area contributed by atoms with Crippen LogP contribution in [0.15, 0.2) is 48.5 Å². The molecule has 0 aliphatic rings. The molecule has 128 valence electrons. The summed E-state index contributed by atoms with van der Waals surface area (Å²) in [5, 5.41) is 0. The number of hydrogen-bond acceptors (Lipinski definition) is 5. The van der Waals surface area contributed by atoms with Crippen molar-refractivity contribution >= 4 is 5.97 Å². The fourth-order valence-corrected chi connectivity index (χ4v) is 2.37. The van der Waals surface area contributed by atoms with Gasteiger partial charge in [-0.05, 0) is 37.9 Å². The molecule has 0 heterocycles. The minimum Gasteiger partial charge on any atom is -0.493 e. The van der Waals surface area contributed by atoms with E-state index in [1.807, 2.05) is 44.4 Å². The van der Waals surface area contributed by atoms with Crippen molar-refractivity contribution in [3.8, 4) is 11.5 Å². The van der Waals surface area contributed by atoms with E-state index in [9.17, 15) is 4.79 Å². The number of carbonyl (C=O) groups is 1. The van der Waals surface area contributed by atoms with Gasteiger partial charge in [-0.15, -0.1) is 0 Å². The van der Waals surface area contributed by atoms with Crippen molar-refractivity contribution in [2.24, 2.45) is 0 Å². The maximum absolute atomic E-state index is 11.7. The second-order valence-corrected chi connectivity index (χ2v) is 5.64. The van der Waals surface area contributed by atoms with Gasteiger partial charge in [-0.2, -0.15) is 0 Å². The summed E-state index contributed by atoms with van der Waals surface area (Å²) in [5.74, 6) is 0.672. The standard InChI is InChI=1S/C19H23NO4/c1-20(2)13-18(14-8-6-5-7-9-14)24-16-11-10-15(19(21)23-4)12-17(16)22-3/h5-12,18H,13H2,1-4H3. The SMILES string of the molecule is COC(=O)c1ccc(OC(CN(C)C)c2ccccc2)c(OC)c1. The Hall–Kier alpha value is -2.53. The van der Waals surface area contributed by atoms with Gasteiger partial charge in [0.05, 0.1) is 19.8 Å². The molecule has 0 saturated carbocycles. The number of nitrogens with zero attached hydrogens (tertiary/aromatic N) is 1. The molecule has 0 radical (unpaired) electrons. The average Bonchev–Trinajstić information content (AvgIpc) is 2.61.